The number of aliphatic imine (C=N–C) groups is 1. The predicted octanol–water partition coefficient (Wildman–Crippen LogP) is 3.56. The summed E-state index contributed by atoms with van der Waals surface area (Å²) in [5, 5.41) is 6.86. The zero-order chi connectivity index (χ0) is 22.0. The zero-order valence-corrected chi connectivity index (χ0v) is 22.0. The third kappa shape index (κ3) is 7.73. The van der Waals surface area contributed by atoms with Gasteiger partial charge in [0.2, 0.25) is 5.91 Å². The highest BCUT2D eigenvalue weighted by molar-refractivity contribution is 14.0. The second-order valence-electron chi connectivity index (χ2n) is 8.14. The van der Waals surface area contributed by atoms with Crippen molar-refractivity contribution in [2.24, 2.45) is 4.99 Å². The second-order valence-corrected chi connectivity index (χ2v) is 8.14. The third-order valence-corrected chi connectivity index (χ3v) is 5.81. The van der Waals surface area contributed by atoms with Crippen molar-refractivity contribution < 1.29 is 14.3 Å². The lowest BCUT2D eigenvalue weighted by molar-refractivity contribution is -0.127. The molecule has 0 spiro atoms. The smallest absolute Gasteiger partial charge is 0.243 e. The maximum atomic E-state index is 12.0. The summed E-state index contributed by atoms with van der Waals surface area (Å²) in [5.74, 6) is 2.18. The Morgan fingerprint density at radius 3 is 2.35 bits per heavy atom. The standard InChI is InChI=1S/C23H38N4O3.HI/c1-6-14-24-22(25-16-21(28)27(2)3)26-17-23(12-8-7-9-13-23)18-10-11-19(29-4)20(15-18)30-5;/h10-11,15H,6-9,12-14,16-17H2,1-5H3,(H2,24,25,26);1H. The first-order valence-corrected chi connectivity index (χ1v) is 10.9. The number of ether oxygens (including phenoxy) is 2. The van der Waals surface area contributed by atoms with E-state index in [-0.39, 0.29) is 41.8 Å². The van der Waals surface area contributed by atoms with Crippen molar-refractivity contribution in [1.82, 2.24) is 15.5 Å². The monoisotopic (exact) mass is 546 g/mol. The van der Waals surface area contributed by atoms with Gasteiger partial charge in [-0.3, -0.25) is 4.79 Å². The molecule has 7 nitrogen and oxygen atoms in total. The van der Waals surface area contributed by atoms with Gasteiger partial charge in [0.15, 0.2) is 17.5 Å². The maximum Gasteiger partial charge on any atom is 0.243 e. The minimum absolute atomic E-state index is 0. The van der Waals surface area contributed by atoms with E-state index in [4.69, 9.17) is 9.47 Å². The first-order valence-electron chi connectivity index (χ1n) is 10.9. The van der Waals surface area contributed by atoms with Crippen LogP contribution in [0, 0.1) is 0 Å². The highest BCUT2D eigenvalue weighted by Crippen LogP contribution is 2.42. The lowest BCUT2D eigenvalue weighted by atomic mass is 9.69. The molecule has 0 bridgehead atoms. The first-order chi connectivity index (χ1) is 14.5. The average Bonchev–Trinajstić information content (AvgIpc) is 2.78. The minimum Gasteiger partial charge on any atom is -0.493 e. The summed E-state index contributed by atoms with van der Waals surface area (Å²) in [5.41, 5.74) is 1.25. The second kappa shape index (κ2) is 13.6. The quantitative estimate of drug-likeness (QED) is 0.282. The number of likely N-dealkylation sites (N-methyl/N-ethyl adjacent to an activating group) is 1. The summed E-state index contributed by atoms with van der Waals surface area (Å²) in [7, 11) is 6.83. The molecule has 176 valence electrons. The molecule has 0 atom stereocenters. The molecule has 8 heteroatoms. The largest absolute Gasteiger partial charge is 0.493 e. The van der Waals surface area contributed by atoms with E-state index in [1.807, 2.05) is 6.07 Å². The van der Waals surface area contributed by atoms with Crippen molar-refractivity contribution in [3.8, 4) is 11.5 Å². The summed E-state index contributed by atoms with van der Waals surface area (Å²) < 4.78 is 11.0. The van der Waals surface area contributed by atoms with E-state index >= 15 is 0 Å². The summed E-state index contributed by atoms with van der Waals surface area (Å²) >= 11 is 0. The number of amides is 1. The number of carbonyl (C=O) groups excluding carboxylic acids is 1. The highest BCUT2D eigenvalue weighted by Gasteiger charge is 2.34. The summed E-state index contributed by atoms with van der Waals surface area (Å²) in [6.07, 6.45) is 6.86. The van der Waals surface area contributed by atoms with Crippen LogP contribution >= 0.6 is 24.0 Å². The van der Waals surface area contributed by atoms with Gasteiger partial charge in [0.25, 0.3) is 0 Å². The van der Waals surface area contributed by atoms with Gasteiger partial charge in [-0.1, -0.05) is 32.3 Å². The zero-order valence-electron chi connectivity index (χ0n) is 19.6. The molecular formula is C23H39IN4O3. The molecule has 1 saturated carbocycles. The molecule has 1 aromatic carbocycles. The fourth-order valence-corrected chi connectivity index (χ4v) is 3.92. The Labute approximate surface area is 204 Å². The number of hydrogen-bond acceptors (Lipinski definition) is 4. The molecule has 1 amide bonds. The Balaban J connectivity index is 0.00000480. The molecule has 1 aromatic rings. The number of methoxy groups -OCH3 is 2. The van der Waals surface area contributed by atoms with Crippen LogP contribution in [0.25, 0.3) is 0 Å². The number of hydrogen-bond donors (Lipinski definition) is 2. The van der Waals surface area contributed by atoms with Crippen LogP contribution in [0.3, 0.4) is 0 Å². The lowest BCUT2D eigenvalue weighted by Crippen LogP contribution is -2.47. The highest BCUT2D eigenvalue weighted by atomic mass is 127. The Kier molecular flexibility index (Phi) is 12.0. The number of halogens is 1. The van der Waals surface area contributed by atoms with Gasteiger partial charge < -0.3 is 25.0 Å². The van der Waals surface area contributed by atoms with Gasteiger partial charge in [-0.2, -0.15) is 0 Å². The van der Waals surface area contributed by atoms with Crippen LogP contribution in [0.4, 0.5) is 0 Å². The van der Waals surface area contributed by atoms with Gasteiger partial charge in [-0.05, 0) is 37.0 Å². The molecule has 31 heavy (non-hydrogen) atoms. The van der Waals surface area contributed by atoms with Crippen molar-refractivity contribution in [2.75, 3.05) is 47.9 Å². The van der Waals surface area contributed by atoms with Crippen LogP contribution in [0.5, 0.6) is 11.5 Å². The van der Waals surface area contributed by atoms with E-state index in [1.165, 1.54) is 24.8 Å². The Morgan fingerprint density at radius 2 is 1.77 bits per heavy atom. The number of carbonyl (C=O) groups is 1. The van der Waals surface area contributed by atoms with Crippen LogP contribution in [0.2, 0.25) is 0 Å². The van der Waals surface area contributed by atoms with E-state index in [0.717, 1.165) is 43.9 Å². The van der Waals surface area contributed by atoms with E-state index < -0.39 is 0 Å². The fourth-order valence-electron chi connectivity index (χ4n) is 3.92. The van der Waals surface area contributed by atoms with Crippen LogP contribution in [0.1, 0.15) is 51.0 Å². The normalized spacial score (nSPS) is 15.5. The topological polar surface area (TPSA) is 75.2 Å². The summed E-state index contributed by atoms with van der Waals surface area (Å²) in [6.45, 7) is 3.82. The summed E-state index contributed by atoms with van der Waals surface area (Å²) in [4.78, 5) is 18.1. The molecule has 1 fully saturated rings. The molecule has 2 rings (SSSR count). The van der Waals surface area contributed by atoms with Crippen molar-refractivity contribution >= 4 is 35.8 Å². The number of guanidine groups is 1. The van der Waals surface area contributed by atoms with Crippen molar-refractivity contribution in [2.45, 2.75) is 50.9 Å². The molecular weight excluding hydrogens is 507 g/mol. The van der Waals surface area contributed by atoms with Gasteiger partial charge in [0, 0.05) is 32.6 Å². The van der Waals surface area contributed by atoms with Gasteiger partial charge in [-0.15, -0.1) is 24.0 Å². The molecule has 0 saturated heterocycles. The lowest BCUT2D eigenvalue weighted by Gasteiger charge is -2.38. The Bertz CT molecular complexity index is 719. The molecule has 0 unspecified atom stereocenters. The third-order valence-electron chi connectivity index (χ3n) is 5.81. The summed E-state index contributed by atoms with van der Waals surface area (Å²) in [6, 6.07) is 6.25. The number of nitrogens with one attached hydrogen (secondary N) is 2. The van der Waals surface area contributed by atoms with Crippen LogP contribution < -0.4 is 20.1 Å². The van der Waals surface area contributed by atoms with Gasteiger partial charge in [0.1, 0.15) is 6.54 Å². The van der Waals surface area contributed by atoms with E-state index in [2.05, 4.69) is 34.7 Å². The number of benzene rings is 1. The minimum atomic E-state index is -0.0140. The van der Waals surface area contributed by atoms with Gasteiger partial charge >= 0.3 is 0 Å². The number of rotatable bonds is 9. The first kappa shape index (κ1) is 27.3. The molecule has 0 heterocycles. The molecule has 1 aliphatic carbocycles. The van der Waals surface area contributed by atoms with E-state index in [1.54, 1.807) is 33.2 Å². The predicted molar refractivity (Wildman–Crippen MR) is 137 cm³/mol. The van der Waals surface area contributed by atoms with Crippen LogP contribution in [-0.4, -0.2) is 64.7 Å². The Morgan fingerprint density at radius 1 is 1.10 bits per heavy atom. The number of nitrogens with zero attached hydrogens (tertiary/aromatic N) is 2. The molecule has 1 aliphatic rings. The average molecular weight is 546 g/mol. The van der Waals surface area contributed by atoms with Crippen LogP contribution in [-0.2, 0) is 10.2 Å². The van der Waals surface area contributed by atoms with Crippen LogP contribution in [0.15, 0.2) is 23.2 Å². The van der Waals surface area contributed by atoms with Gasteiger partial charge in [-0.25, -0.2) is 4.99 Å². The molecule has 0 aromatic heterocycles. The molecule has 0 aliphatic heterocycles. The SMILES string of the molecule is CCCNC(=NCC(=O)N(C)C)NCC1(c2ccc(OC)c(OC)c2)CCCCC1.I. The fraction of sp³-hybridized carbons (Fsp3) is 0.652. The van der Waals surface area contributed by atoms with Gasteiger partial charge in [0.05, 0.1) is 14.2 Å². The van der Waals surface area contributed by atoms with E-state index in [9.17, 15) is 4.79 Å². The van der Waals surface area contributed by atoms with E-state index in [0.29, 0.717) is 5.96 Å². The maximum absolute atomic E-state index is 12.0. The van der Waals surface area contributed by atoms with Crippen molar-refractivity contribution in [1.29, 1.82) is 0 Å². The van der Waals surface area contributed by atoms with Crippen molar-refractivity contribution in [3.05, 3.63) is 23.8 Å². The van der Waals surface area contributed by atoms with Crippen molar-refractivity contribution in [3.63, 3.8) is 0 Å². The molecule has 0 radical (unpaired) electrons. The Hall–Kier alpha value is -1.71. The molecule has 2 N–H and O–H groups in total.